The topological polar surface area (TPSA) is 104 Å². The van der Waals surface area contributed by atoms with E-state index < -0.39 is 10.0 Å². The van der Waals surface area contributed by atoms with Gasteiger partial charge in [-0.1, -0.05) is 63.2 Å². The number of hydrogen-bond acceptors (Lipinski definition) is 4. The van der Waals surface area contributed by atoms with Crippen molar-refractivity contribution in [2.75, 3.05) is 4.72 Å². The molecule has 0 aliphatic heterocycles. The van der Waals surface area contributed by atoms with Crippen molar-refractivity contribution in [1.29, 1.82) is 0 Å². The summed E-state index contributed by atoms with van der Waals surface area (Å²) in [6, 6.07) is 23.5. The monoisotopic (exact) mass is 527 g/mol. The Balaban J connectivity index is 1.50. The number of benzene rings is 3. The van der Waals surface area contributed by atoms with Gasteiger partial charge in [0.25, 0.3) is 15.9 Å². The van der Waals surface area contributed by atoms with Crippen molar-refractivity contribution in [3.63, 3.8) is 0 Å². The van der Waals surface area contributed by atoms with E-state index in [0.717, 1.165) is 27.6 Å². The number of amides is 1. The summed E-state index contributed by atoms with van der Waals surface area (Å²) < 4.78 is 34.1. The summed E-state index contributed by atoms with van der Waals surface area (Å²) in [4.78, 5) is 16.6. The van der Waals surface area contributed by atoms with E-state index in [0.29, 0.717) is 23.5 Å². The first-order valence-corrected chi connectivity index (χ1v) is 13.7. The van der Waals surface area contributed by atoms with E-state index in [1.807, 2.05) is 42.5 Å². The van der Waals surface area contributed by atoms with Gasteiger partial charge in [0, 0.05) is 34.3 Å². The highest BCUT2D eigenvalue weighted by atomic mass is 32.2. The van der Waals surface area contributed by atoms with E-state index in [1.54, 1.807) is 48.9 Å². The molecule has 38 heavy (non-hydrogen) atoms. The van der Waals surface area contributed by atoms with Gasteiger partial charge in [-0.3, -0.25) is 9.52 Å². The van der Waals surface area contributed by atoms with E-state index in [2.05, 4.69) is 35.8 Å². The Morgan fingerprint density at radius 1 is 0.947 bits per heavy atom. The molecule has 1 amide bonds. The summed E-state index contributed by atoms with van der Waals surface area (Å²) in [7, 11) is -3.81. The van der Waals surface area contributed by atoms with Crippen LogP contribution in [0.4, 0.5) is 5.69 Å². The second-order valence-corrected chi connectivity index (χ2v) is 11.9. The zero-order chi connectivity index (χ0) is 26.9. The molecule has 194 valence electrons. The number of rotatable bonds is 7. The molecule has 2 heterocycles. The molecule has 0 aliphatic carbocycles. The predicted molar refractivity (Wildman–Crippen MR) is 150 cm³/mol. The SMILES string of the molecule is CC(C)(C)c1ccc(S(=O)(=O)Nc2ccc3[nH]c(C(=O)NCc4ccoc4)c(-c4ccccc4)c3c2)cc1. The van der Waals surface area contributed by atoms with Crippen LogP contribution in [0.3, 0.4) is 0 Å². The number of carbonyl (C=O) groups is 1. The molecule has 0 spiro atoms. The molecule has 5 rings (SSSR count). The normalized spacial score (nSPS) is 12.0. The van der Waals surface area contributed by atoms with Gasteiger partial charge in [-0.2, -0.15) is 0 Å². The highest BCUT2D eigenvalue weighted by Gasteiger charge is 2.22. The molecule has 5 aromatic rings. The van der Waals surface area contributed by atoms with Crippen molar-refractivity contribution < 1.29 is 17.6 Å². The summed E-state index contributed by atoms with van der Waals surface area (Å²) in [5.74, 6) is -0.276. The molecule has 0 atom stereocenters. The van der Waals surface area contributed by atoms with Gasteiger partial charge in [0.15, 0.2) is 0 Å². The van der Waals surface area contributed by atoms with E-state index >= 15 is 0 Å². The second kappa shape index (κ2) is 9.87. The summed E-state index contributed by atoms with van der Waals surface area (Å²) >= 11 is 0. The van der Waals surface area contributed by atoms with Crippen molar-refractivity contribution in [3.8, 4) is 11.1 Å². The molecular formula is C30H29N3O4S. The Morgan fingerprint density at radius 2 is 1.68 bits per heavy atom. The van der Waals surface area contributed by atoms with Crippen molar-refractivity contribution in [2.45, 2.75) is 37.6 Å². The molecule has 2 aromatic heterocycles. The Bertz CT molecular complexity index is 1680. The lowest BCUT2D eigenvalue weighted by atomic mass is 9.87. The number of fused-ring (bicyclic) bond motifs is 1. The van der Waals surface area contributed by atoms with Gasteiger partial charge in [-0.15, -0.1) is 0 Å². The van der Waals surface area contributed by atoms with Crippen LogP contribution in [0.15, 0.2) is 101 Å². The van der Waals surface area contributed by atoms with Crippen LogP contribution in [0.1, 0.15) is 42.4 Å². The van der Waals surface area contributed by atoms with E-state index in [1.165, 1.54) is 0 Å². The fourth-order valence-corrected chi connectivity index (χ4v) is 5.39. The third-order valence-electron chi connectivity index (χ3n) is 6.40. The molecule has 3 aromatic carbocycles. The number of aromatic nitrogens is 1. The molecule has 0 bridgehead atoms. The second-order valence-electron chi connectivity index (χ2n) is 10.2. The molecule has 0 saturated heterocycles. The first-order valence-electron chi connectivity index (χ1n) is 12.3. The fourth-order valence-electron chi connectivity index (χ4n) is 4.34. The Kier molecular flexibility index (Phi) is 6.59. The Labute approximate surface area is 221 Å². The number of nitrogens with one attached hydrogen (secondary N) is 3. The quantitative estimate of drug-likeness (QED) is 0.226. The molecular weight excluding hydrogens is 498 g/mol. The van der Waals surface area contributed by atoms with Crippen molar-refractivity contribution >= 4 is 32.5 Å². The van der Waals surface area contributed by atoms with Crippen molar-refractivity contribution in [3.05, 3.63) is 108 Å². The molecule has 0 fully saturated rings. The van der Waals surface area contributed by atoms with Gasteiger partial charge < -0.3 is 14.7 Å². The summed E-state index contributed by atoms with van der Waals surface area (Å²) in [5, 5.41) is 3.65. The molecule has 0 aliphatic rings. The zero-order valence-electron chi connectivity index (χ0n) is 21.4. The molecule has 3 N–H and O–H groups in total. The summed E-state index contributed by atoms with van der Waals surface area (Å²) in [6.07, 6.45) is 3.14. The highest BCUT2D eigenvalue weighted by Crippen LogP contribution is 2.35. The first-order chi connectivity index (χ1) is 18.1. The van der Waals surface area contributed by atoms with E-state index in [-0.39, 0.29) is 16.2 Å². The van der Waals surface area contributed by atoms with Crippen LogP contribution in [-0.2, 0) is 22.0 Å². The van der Waals surface area contributed by atoms with Gasteiger partial charge in [-0.05, 0) is 52.9 Å². The van der Waals surface area contributed by atoms with Crippen LogP contribution in [-0.4, -0.2) is 19.3 Å². The minimum Gasteiger partial charge on any atom is -0.472 e. The Morgan fingerprint density at radius 3 is 2.34 bits per heavy atom. The number of aromatic amines is 1. The zero-order valence-corrected chi connectivity index (χ0v) is 22.2. The third-order valence-corrected chi connectivity index (χ3v) is 7.80. The minimum absolute atomic E-state index is 0.0780. The van der Waals surface area contributed by atoms with Crippen molar-refractivity contribution in [1.82, 2.24) is 10.3 Å². The smallest absolute Gasteiger partial charge is 0.268 e. The highest BCUT2D eigenvalue weighted by molar-refractivity contribution is 7.92. The standard InChI is InChI=1S/C30H29N3O4S/c1-30(2,3)22-9-12-24(13-10-22)38(35,36)33-23-11-14-26-25(17-23)27(21-7-5-4-6-8-21)28(32-26)29(34)31-18-20-15-16-37-19-20/h4-17,19,32-33H,18H2,1-3H3,(H,31,34). The van der Waals surface area contributed by atoms with Crippen LogP contribution in [0, 0.1) is 0 Å². The first kappa shape index (κ1) is 25.4. The average Bonchev–Trinajstić information content (AvgIpc) is 3.55. The number of anilines is 1. The molecule has 7 nitrogen and oxygen atoms in total. The maximum atomic E-state index is 13.2. The number of hydrogen-bond donors (Lipinski definition) is 3. The number of furan rings is 1. The van der Waals surface area contributed by atoms with E-state index in [9.17, 15) is 13.2 Å². The largest absolute Gasteiger partial charge is 0.472 e. The van der Waals surface area contributed by atoms with Crippen LogP contribution < -0.4 is 10.0 Å². The average molecular weight is 528 g/mol. The van der Waals surface area contributed by atoms with Crippen LogP contribution in [0.25, 0.3) is 22.0 Å². The predicted octanol–water partition coefficient (Wildman–Crippen LogP) is 6.46. The molecule has 8 heteroatoms. The van der Waals surface area contributed by atoms with Gasteiger partial charge in [0.1, 0.15) is 5.69 Å². The maximum absolute atomic E-state index is 13.2. The lowest BCUT2D eigenvalue weighted by Gasteiger charge is -2.19. The summed E-state index contributed by atoms with van der Waals surface area (Å²) in [5.41, 5.74) is 4.87. The molecule has 0 radical (unpaired) electrons. The van der Waals surface area contributed by atoms with Gasteiger partial charge in [0.2, 0.25) is 0 Å². The van der Waals surface area contributed by atoms with Crippen LogP contribution in [0.2, 0.25) is 0 Å². The number of carbonyl (C=O) groups excluding carboxylic acids is 1. The fraction of sp³-hybridized carbons (Fsp3) is 0.167. The Hall–Kier alpha value is -4.30. The third kappa shape index (κ3) is 5.21. The minimum atomic E-state index is -3.81. The number of H-pyrrole nitrogens is 1. The lowest BCUT2D eigenvalue weighted by Crippen LogP contribution is -2.23. The number of sulfonamides is 1. The van der Waals surface area contributed by atoms with Crippen LogP contribution >= 0.6 is 0 Å². The molecule has 0 unspecified atom stereocenters. The lowest BCUT2D eigenvalue weighted by molar-refractivity contribution is 0.0947. The van der Waals surface area contributed by atoms with E-state index in [4.69, 9.17) is 4.42 Å². The molecule has 0 saturated carbocycles. The van der Waals surface area contributed by atoms with Crippen molar-refractivity contribution in [2.24, 2.45) is 0 Å². The maximum Gasteiger partial charge on any atom is 0.268 e. The van der Waals surface area contributed by atoms with Gasteiger partial charge >= 0.3 is 0 Å². The van der Waals surface area contributed by atoms with Crippen LogP contribution in [0.5, 0.6) is 0 Å². The summed E-state index contributed by atoms with van der Waals surface area (Å²) in [6.45, 7) is 6.56. The van der Waals surface area contributed by atoms with Gasteiger partial charge in [-0.25, -0.2) is 8.42 Å². The van der Waals surface area contributed by atoms with Gasteiger partial charge in [0.05, 0.1) is 17.4 Å².